The Balaban J connectivity index is 1.86. The largest absolute Gasteiger partial charge is 0.357 e. The number of hydrogen-bond donors (Lipinski definition) is 1. The second kappa shape index (κ2) is 6.12. The van der Waals surface area contributed by atoms with Crippen molar-refractivity contribution in [3.05, 3.63) is 28.2 Å². The van der Waals surface area contributed by atoms with Crippen molar-refractivity contribution < 1.29 is 0 Å². The van der Waals surface area contributed by atoms with Gasteiger partial charge in [0.1, 0.15) is 5.82 Å². The normalized spacial score (nSPS) is 12.6. The van der Waals surface area contributed by atoms with Crippen LogP contribution in [0.3, 0.4) is 0 Å². The molecule has 2 aromatic heterocycles. The molecule has 1 atom stereocenters. The number of thiophene rings is 1. The van der Waals surface area contributed by atoms with E-state index in [2.05, 4.69) is 45.3 Å². The summed E-state index contributed by atoms with van der Waals surface area (Å²) in [6, 6.07) is 2.57. The van der Waals surface area contributed by atoms with Crippen LogP contribution in [-0.4, -0.2) is 15.4 Å². The van der Waals surface area contributed by atoms with Crippen LogP contribution in [0.25, 0.3) is 0 Å². The van der Waals surface area contributed by atoms with Crippen LogP contribution in [0.15, 0.2) is 16.8 Å². The van der Waals surface area contributed by atoms with Crippen molar-refractivity contribution in [2.45, 2.75) is 39.2 Å². The second-order valence-electron chi connectivity index (χ2n) is 4.15. The lowest BCUT2D eigenvalue weighted by Gasteiger charge is -2.10. The molecule has 2 aromatic rings. The van der Waals surface area contributed by atoms with E-state index in [0.717, 1.165) is 30.2 Å². The van der Waals surface area contributed by atoms with Gasteiger partial charge in [0.15, 0.2) is 0 Å². The summed E-state index contributed by atoms with van der Waals surface area (Å²) in [4.78, 5) is 4.47. The molecule has 0 aliphatic rings. The number of aromatic nitrogens is 2. The molecule has 0 aromatic carbocycles. The predicted molar refractivity (Wildman–Crippen MR) is 75.0 cm³/mol. The van der Waals surface area contributed by atoms with E-state index < -0.39 is 0 Å². The van der Waals surface area contributed by atoms with Crippen LogP contribution in [0.1, 0.15) is 31.7 Å². The van der Waals surface area contributed by atoms with Gasteiger partial charge in [-0.3, -0.25) is 0 Å². The van der Waals surface area contributed by atoms with Crippen LogP contribution in [0.4, 0.5) is 5.13 Å². The van der Waals surface area contributed by atoms with Crippen LogP contribution < -0.4 is 5.32 Å². The molecular weight excluding hydrogens is 250 g/mol. The van der Waals surface area contributed by atoms with Crippen molar-refractivity contribution in [1.29, 1.82) is 0 Å². The molecule has 0 radical (unpaired) electrons. The lowest BCUT2D eigenvalue weighted by molar-refractivity contribution is 0.787. The third kappa shape index (κ3) is 3.78. The average molecular weight is 267 g/mol. The minimum Gasteiger partial charge on any atom is -0.357 e. The van der Waals surface area contributed by atoms with Gasteiger partial charge in [-0.2, -0.15) is 15.7 Å². The minimum atomic E-state index is 0.395. The Kier molecular flexibility index (Phi) is 4.50. The zero-order chi connectivity index (χ0) is 12.1. The summed E-state index contributed by atoms with van der Waals surface area (Å²) in [6.45, 7) is 4.33. The molecule has 2 rings (SSSR count). The van der Waals surface area contributed by atoms with Crippen molar-refractivity contribution in [2.24, 2.45) is 0 Å². The molecule has 0 spiro atoms. The maximum atomic E-state index is 4.47. The molecule has 0 saturated heterocycles. The van der Waals surface area contributed by atoms with E-state index in [9.17, 15) is 0 Å². The molecule has 0 bridgehead atoms. The lowest BCUT2D eigenvalue weighted by atomic mass is 10.1. The fourth-order valence-electron chi connectivity index (χ4n) is 1.66. The fourth-order valence-corrected chi connectivity index (χ4v) is 3.07. The molecule has 1 unspecified atom stereocenters. The number of rotatable bonds is 6. The Hall–Kier alpha value is -0.940. The third-order valence-electron chi connectivity index (χ3n) is 2.43. The van der Waals surface area contributed by atoms with E-state index in [1.807, 2.05) is 0 Å². The van der Waals surface area contributed by atoms with Gasteiger partial charge >= 0.3 is 0 Å². The van der Waals surface area contributed by atoms with Crippen LogP contribution in [0.2, 0.25) is 0 Å². The number of nitrogens with zero attached hydrogens (tertiary/aromatic N) is 2. The van der Waals surface area contributed by atoms with Crippen molar-refractivity contribution in [2.75, 3.05) is 5.32 Å². The topological polar surface area (TPSA) is 37.8 Å². The van der Waals surface area contributed by atoms with E-state index >= 15 is 0 Å². The quantitative estimate of drug-likeness (QED) is 0.869. The Morgan fingerprint density at radius 3 is 3.06 bits per heavy atom. The first-order valence-corrected chi connectivity index (χ1v) is 7.59. The average Bonchev–Trinajstić information content (AvgIpc) is 2.91. The molecule has 3 nitrogen and oxygen atoms in total. The van der Waals surface area contributed by atoms with E-state index in [1.54, 1.807) is 11.3 Å². The highest BCUT2D eigenvalue weighted by molar-refractivity contribution is 7.09. The van der Waals surface area contributed by atoms with Gasteiger partial charge in [-0.05, 0) is 42.2 Å². The van der Waals surface area contributed by atoms with E-state index in [1.165, 1.54) is 17.1 Å². The highest BCUT2D eigenvalue weighted by atomic mass is 32.1. The Bertz CT molecular complexity index is 436. The van der Waals surface area contributed by atoms with Gasteiger partial charge in [0.25, 0.3) is 0 Å². The van der Waals surface area contributed by atoms with Gasteiger partial charge in [-0.25, -0.2) is 4.98 Å². The Labute approximate surface area is 110 Å². The van der Waals surface area contributed by atoms with Gasteiger partial charge in [-0.15, -0.1) is 0 Å². The molecule has 0 saturated carbocycles. The summed E-state index contributed by atoms with van der Waals surface area (Å²) in [7, 11) is 0. The van der Waals surface area contributed by atoms with Crippen molar-refractivity contribution >= 4 is 28.0 Å². The summed E-state index contributed by atoms with van der Waals surface area (Å²) in [5, 5.41) is 8.66. The Morgan fingerprint density at radius 1 is 1.47 bits per heavy atom. The van der Waals surface area contributed by atoms with Crippen molar-refractivity contribution in [3.63, 3.8) is 0 Å². The first kappa shape index (κ1) is 12.5. The van der Waals surface area contributed by atoms with Gasteiger partial charge in [-0.1, -0.05) is 6.92 Å². The van der Waals surface area contributed by atoms with Gasteiger partial charge in [0.05, 0.1) is 0 Å². The molecule has 17 heavy (non-hydrogen) atoms. The van der Waals surface area contributed by atoms with Gasteiger partial charge < -0.3 is 5.32 Å². The van der Waals surface area contributed by atoms with E-state index in [0.29, 0.717) is 6.04 Å². The summed E-state index contributed by atoms with van der Waals surface area (Å²) in [5.74, 6) is 0.961. The molecule has 1 N–H and O–H groups in total. The van der Waals surface area contributed by atoms with Crippen LogP contribution in [0, 0.1) is 0 Å². The molecule has 5 heteroatoms. The molecule has 2 heterocycles. The predicted octanol–water partition coefficient (Wildman–Crippen LogP) is 3.60. The lowest BCUT2D eigenvalue weighted by Crippen LogP contribution is -2.17. The summed E-state index contributed by atoms with van der Waals surface area (Å²) >= 11 is 3.21. The summed E-state index contributed by atoms with van der Waals surface area (Å²) < 4.78 is 4.33. The second-order valence-corrected chi connectivity index (χ2v) is 5.68. The summed E-state index contributed by atoms with van der Waals surface area (Å²) in [6.07, 6.45) is 3.10. The SMILES string of the molecule is CCCc1nsc(NC(C)Cc2ccsc2)n1. The number of aryl methyl sites for hydroxylation is 1. The maximum Gasteiger partial charge on any atom is 0.202 e. The summed E-state index contributed by atoms with van der Waals surface area (Å²) in [5.41, 5.74) is 1.38. The van der Waals surface area contributed by atoms with E-state index in [-0.39, 0.29) is 0 Å². The number of anilines is 1. The van der Waals surface area contributed by atoms with Crippen LogP contribution in [-0.2, 0) is 12.8 Å². The highest BCUT2D eigenvalue weighted by Crippen LogP contribution is 2.15. The molecule has 0 amide bonds. The first-order valence-electron chi connectivity index (χ1n) is 5.88. The zero-order valence-electron chi connectivity index (χ0n) is 10.1. The zero-order valence-corrected chi connectivity index (χ0v) is 11.8. The van der Waals surface area contributed by atoms with Crippen molar-refractivity contribution in [3.8, 4) is 0 Å². The smallest absolute Gasteiger partial charge is 0.202 e. The monoisotopic (exact) mass is 267 g/mol. The van der Waals surface area contributed by atoms with Crippen molar-refractivity contribution in [1.82, 2.24) is 9.36 Å². The molecular formula is C12H17N3S2. The van der Waals surface area contributed by atoms with Crippen LogP contribution in [0.5, 0.6) is 0 Å². The highest BCUT2D eigenvalue weighted by Gasteiger charge is 2.08. The number of nitrogens with one attached hydrogen (secondary N) is 1. The standard InChI is InChI=1S/C12H17N3S2/c1-3-4-11-14-12(17-15-11)13-9(2)7-10-5-6-16-8-10/h5-6,8-9H,3-4,7H2,1-2H3,(H,13,14,15). The fraction of sp³-hybridized carbons (Fsp3) is 0.500. The minimum absolute atomic E-state index is 0.395. The van der Waals surface area contributed by atoms with Gasteiger partial charge in [0, 0.05) is 24.0 Å². The molecule has 0 aliphatic heterocycles. The molecule has 0 fully saturated rings. The first-order chi connectivity index (χ1) is 8.28. The Morgan fingerprint density at radius 2 is 2.35 bits per heavy atom. The maximum absolute atomic E-state index is 4.47. The molecule has 0 aliphatic carbocycles. The number of hydrogen-bond acceptors (Lipinski definition) is 5. The van der Waals surface area contributed by atoms with Gasteiger partial charge in [0.2, 0.25) is 5.13 Å². The van der Waals surface area contributed by atoms with E-state index in [4.69, 9.17) is 0 Å². The molecule has 92 valence electrons. The van der Waals surface area contributed by atoms with Crippen LogP contribution >= 0.6 is 22.9 Å². The third-order valence-corrected chi connectivity index (χ3v) is 3.85.